The van der Waals surface area contributed by atoms with E-state index >= 15 is 0 Å². The molecule has 1 aromatic carbocycles. The normalized spacial score (nSPS) is 10.0. The van der Waals surface area contributed by atoms with E-state index in [1.54, 1.807) is 37.3 Å². The van der Waals surface area contributed by atoms with E-state index in [-0.39, 0.29) is 5.91 Å². The largest absolute Gasteiger partial charge is 0.493 e. The maximum atomic E-state index is 12.6. The lowest BCUT2D eigenvalue weighted by Gasteiger charge is -2.14. The molecule has 0 fully saturated rings. The van der Waals surface area contributed by atoms with Crippen molar-refractivity contribution in [1.82, 2.24) is 4.98 Å². The number of nitrogens with zero attached hydrogens (tertiary/aromatic N) is 2. The summed E-state index contributed by atoms with van der Waals surface area (Å²) in [5, 5.41) is 11.6. The molecule has 0 unspecified atom stereocenters. The zero-order valence-corrected chi connectivity index (χ0v) is 13.5. The number of benzene rings is 1. The maximum absolute atomic E-state index is 12.6. The molecular weight excluding hydrogens is 290 g/mol. The number of hydrogen-bond acceptors (Lipinski definition) is 4. The third kappa shape index (κ3) is 4.07. The number of aryl methyl sites for hydroxylation is 2. The summed E-state index contributed by atoms with van der Waals surface area (Å²) < 4.78 is 5.70. The molecule has 118 valence electrons. The van der Waals surface area contributed by atoms with Crippen LogP contribution in [0.1, 0.15) is 40.7 Å². The lowest BCUT2D eigenvalue weighted by Crippen LogP contribution is -2.16. The fourth-order valence-electron chi connectivity index (χ4n) is 2.22. The van der Waals surface area contributed by atoms with Crippen LogP contribution in [0.15, 0.2) is 30.3 Å². The van der Waals surface area contributed by atoms with Crippen molar-refractivity contribution >= 4 is 11.6 Å². The van der Waals surface area contributed by atoms with Gasteiger partial charge in [0.2, 0.25) is 0 Å². The van der Waals surface area contributed by atoms with Crippen LogP contribution in [0.4, 0.5) is 5.69 Å². The van der Waals surface area contributed by atoms with E-state index in [0.29, 0.717) is 34.9 Å². The summed E-state index contributed by atoms with van der Waals surface area (Å²) in [4.78, 5) is 16.9. The van der Waals surface area contributed by atoms with Gasteiger partial charge in [-0.2, -0.15) is 5.26 Å². The first-order valence-corrected chi connectivity index (χ1v) is 7.47. The SMILES string of the molecule is CCCOc1cc(C)nc(C)c1C(=O)Nc1ccc(C#N)cc1. The summed E-state index contributed by atoms with van der Waals surface area (Å²) in [6.07, 6.45) is 0.858. The van der Waals surface area contributed by atoms with Gasteiger partial charge < -0.3 is 10.1 Å². The lowest BCUT2D eigenvalue weighted by atomic mass is 10.1. The van der Waals surface area contributed by atoms with Gasteiger partial charge in [0.15, 0.2) is 0 Å². The molecule has 0 saturated heterocycles. The van der Waals surface area contributed by atoms with Gasteiger partial charge in [-0.25, -0.2) is 0 Å². The van der Waals surface area contributed by atoms with Crippen LogP contribution in [0, 0.1) is 25.2 Å². The predicted octanol–water partition coefficient (Wildman–Crippen LogP) is 3.61. The first kappa shape index (κ1) is 16.5. The van der Waals surface area contributed by atoms with Crippen LogP contribution < -0.4 is 10.1 Å². The first-order valence-electron chi connectivity index (χ1n) is 7.47. The Labute approximate surface area is 135 Å². The fraction of sp³-hybridized carbons (Fsp3) is 0.278. The summed E-state index contributed by atoms with van der Waals surface area (Å²) in [7, 11) is 0. The minimum absolute atomic E-state index is 0.272. The van der Waals surface area contributed by atoms with Gasteiger partial charge in [-0.05, 0) is 44.5 Å². The molecule has 5 heteroatoms. The molecule has 0 aliphatic carbocycles. The molecule has 0 bridgehead atoms. The highest BCUT2D eigenvalue weighted by molar-refractivity contribution is 6.07. The third-order valence-electron chi connectivity index (χ3n) is 3.25. The number of ether oxygens (including phenoxy) is 1. The molecule has 0 radical (unpaired) electrons. The van der Waals surface area contributed by atoms with Gasteiger partial charge in [0.1, 0.15) is 11.3 Å². The van der Waals surface area contributed by atoms with Crippen LogP contribution in [0.2, 0.25) is 0 Å². The van der Waals surface area contributed by atoms with Gasteiger partial charge in [-0.1, -0.05) is 6.92 Å². The van der Waals surface area contributed by atoms with Gasteiger partial charge in [0.25, 0.3) is 5.91 Å². The Bertz CT molecular complexity index is 746. The molecule has 23 heavy (non-hydrogen) atoms. The number of nitriles is 1. The van der Waals surface area contributed by atoms with Crippen molar-refractivity contribution in [3.63, 3.8) is 0 Å². The Morgan fingerprint density at radius 1 is 1.30 bits per heavy atom. The highest BCUT2D eigenvalue weighted by atomic mass is 16.5. The van der Waals surface area contributed by atoms with Crippen molar-refractivity contribution in [2.24, 2.45) is 0 Å². The molecule has 0 spiro atoms. The summed E-state index contributed by atoms with van der Waals surface area (Å²) in [6, 6.07) is 10.5. The average Bonchev–Trinajstić information content (AvgIpc) is 2.52. The average molecular weight is 309 g/mol. The van der Waals surface area contributed by atoms with Crippen LogP contribution >= 0.6 is 0 Å². The molecule has 2 rings (SSSR count). The topological polar surface area (TPSA) is 75.0 Å². The number of carbonyl (C=O) groups is 1. The standard InChI is InChI=1S/C18H19N3O2/c1-4-9-23-16-10-12(2)20-13(3)17(16)18(22)21-15-7-5-14(11-19)6-8-15/h5-8,10H,4,9H2,1-3H3,(H,21,22). The molecule has 1 heterocycles. The second kappa shape index (κ2) is 7.41. The molecule has 2 aromatic rings. The van der Waals surface area contributed by atoms with Crippen LogP contribution in [0.25, 0.3) is 0 Å². The number of nitrogens with one attached hydrogen (secondary N) is 1. The van der Waals surface area contributed by atoms with Crippen molar-refractivity contribution in [2.45, 2.75) is 27.2 Å². The smallest absolute Gasteiger partial charge is 0.261 e. The minimum Gasteiger partial charge on any atom is -0.493 e. The summed E-state index contributed by atoms with van der Waals surface area (Å²) >= 11 is 0. The van der Waals surface area contributed by atoms with Gasteiger partial charge in [0, 0.05) is 17.4 Å². The molecule has 1 aromatic heterocycles. The van der Waals surface area contributed by atoms with E-state index in [2.05, 4.69) is 10.3 Å². The van der Waals surface area contributed by atoms with Crippen molar-refractivity contribution in [3.05, 3.63) is 52.8 Å². The molecule has 0 saturated carbocycles. The number of amides is 1. The molecular formula is C18H19N3O2. The predicted molar refractivity (Wildman–Crippen MR) is 88.6 cm³/mol. The van der Waals surface area contributed by atoms with Crippen LogP contribution in [-0.4, -0.2) is 17.5 Å². The molecule has 1 amide bonds. The van der Waals surface area contributed by atoms with E-state index in [9.17, 15) is 4.79 Å². The lowest BCUT2D eigenvalue weighted by molar-refractivity contribution is 0.102. The van der Waals surface area contributed by atoms with Crippen molar-refractivity contribution in [3.8, 4) is 11.8 Å². The highest BCUT2D eigenvalue weighted by Gasteiger charge is 2.18. The number of carbonyl (C=O) groups excluding carboxylic acids is 1. The van der Waals surface area contributed by atoms with E-state index in [4.69, 9.17) is 10.00 Å². The zero-order valence-electron chi connectivity index (χ0n) is 13.5. The van der Waals surface area contributed by atoms with Gasteiger partial charge in [0.05, 0.1) is 23.9 Å². The second-order valence-corrected chi connectivity index (χ2v) is 5.21. The summed E-state index contributed by atoms with van der Waals surface area (Å²) in [5.41, 5.74) is 3.04. The number of aromatic nitrogens is 1. The van der Waals surface area contributed by atoms with Crippen LogP contribution in [0.5, 0.6) is 5.75 Å². The van der Waals surface area contributed by atoms with Gasteiger partial charge in [-0.15, -0.1) is 0 Å². The van der Waals surface area contributed by atoms with Crippen molar-refractivity contribution in [2.75, 3.05) is 11.9 Å². The Balaban J connectivity index is 2.28. The Kier molecular flexibility index (Phi) is 5.32. The van der Waals surface area contributed by atoms with Crippen molar-refractivity contribution < 1.29 is 9.53 Å². The summed E-state index contributed by atoms with van der Waals surface area (Å²) in [5.74, 6) is 0.272. The molecule has 0 aliphatic heterocycles. The maximum Gasteiger partial charge on any atom is 0.261 e. The second-order valence-electron chi connectivity index (χ2n) is 5.21. The molecule has 1 N–H and O–H groups in total. The van der Waals surface area contributed by atoms with Gasteiger partial charge in [-0.3, -0.25) is 9.78 Å². The number of rotatable bonds is 5. The minimum atomic E-state index is -0.272. The van der Waals surface area contributed by atoms with Crippen molar-refractivity contribution in [1.29, 1.82) is 5.26 Å². The molecule has 0 aliphatic rings. The monoisotopic (exact) mass is 309 g/mol. The fourth-order valence-corrected chi connectivity index (χ4v) is 2.22. The van der Waals surface area contributed by atoms with Gasteiger partial charge >= 0.3 is 0 Å². The third-order valence-corrected chi connectivity index (χ3v) is 3.25. The van der Waals surface area contributed by atoms with E-state index in [1.165, 1.54) is 0 Å². The number of anilines is 1. The van der Waals surface area contributed by atoms with E-state index < -0.39 is 0 Å². The number of pyridine rings is 1. The summed E-state index contributed by atoms with van der Waals surface area (Å²) in [6.45, 7) is 6.21. The van der Waals surface area contributed by atoms with E-state index in [1.807, 2.05) is 19.9 Å². The zero-order chi connectivity index (χ0) is 16.8. The molecule has 5 nitrogen and oxygen atoms in total. The highest BCUT2D eigenvalue weighted by Crippen LogP contribution is 2.24. The first-order chi connectivity index (χ1) is 11.0. The van der Waals surface area contributed by atoms with Crippen LogP contribution in [-0.2, 0) is 0 Å². The van der Waals surface area contributed by atoms with E-state index in [0.717, 1.165) is 12.1 Å². The molecule has 0 atom stereocenters. The number of hydrogen-bond donors (Lipinski definition) is 1. The van der Waals surface area contributed by atoms with Crippen LogP contribution in [0.3, 0.4) is 0 Å². The Morgan fingerprint density at radius 3 is 2.61 bits per heavy atom. The Hall–Kier alpha value is -2.87. The Morgan fingerprint density at radius 2 is 2.00 bits per heavy atom. The quantitative estimate of drug-likeness (QED) is 0.915.